The zero-order valence-corrected chi connectivity index (χ0v) is 10.4. The van der Waals surface area contributed by atoms with E-state index in [1.807, 2.05) is 0 Å². The fourth-order valence-corrected chi connectivity index (χ4v) is 2.00. The molecule has 98 valence electrons. The highest BCUT2D eigenvalue weighted by Gasteiger charge is 2.22. The van der Waals surface area contributed by atoms with Gasteiger partial charge in [0.15, 0.2) is 0 Å². The van der Waals surface area contributed by atoms with Crippen LogP contribution in [0, 0.1) is 17.0 Å². The maximum atomic E-state index is 10.9. The van der Waals surface area contributed by atoms with Crippen molar-refractivity contribution in [2.45, 2.75) is 12.8 Å². The van der Waals surface area contributed by atoms with Gasteiger partial charge in [0.25, 0.3) is 5.69 Å². The maximum Gasteiger partial charge on any atom is 0.274 e. The van der Waals surface area contributed by atoms with Crippen LogP contribution in [0.15, 0.2) is 24.4 Å². The van der Waals surface area contributed by atoms with Crippen molar-refractivity contribution in [1.82, 2.24) is 20.3 Å². The molecule has 0 unspecified atom stereocenters. The van der Waals surface area contributed by atoms with E-state index in [-0.39, 0.29) is 10.6 Å². The number of nitro groups is 1. The van der Waals surface area contributed by atoms with Gasteiger partial charge in [-0.15, -0.1) is 0 Å². The van der Waals surface area contributed by atoms with Crippen molar-refractivity contribution in [2.24, 2.45) is 0 Å². The Morgan fingerprint density at radius 3 is 2.89 bits per heavy atom. The molecule has 0 spiro atoms. The van der Waals surface area contributed by atoms with Crippen LogP contribution in [-0.2, 0) is 0 Å². The molecular weight excluding hydrogens is 246 g/mol. The van der Waals surface area contributed by atoms with Crippen molar-refractivity contribution in [3.63, 3.8) is 0 Å². The van der Waals surface area contributed by atoms with Gasteiger partial charge in [0.05, 0.1) is 22.5 Å². The second kappa shape index (κ2) is 4.43. The fraction of sp³-hybridized carbons (Fsp3) is 0.333. The second-order valence-electron chi connectivity index (χ2n) is 4.64. The lowest BCUT2D eigenvalue weighted by atomic mass is 10.0. The molecule has 0 bridgehead atoms. The van der Waals surface area contributed by atoms with E-state index in [0.29, 0.717) is 17.2 Å². The van der Waals surface area contributed by atoms with Gasteiger partial charge in [-0.3, -0.25) is 10.1 Å². The van der Waals surface area contributed by atoms with Crippen LogP contribution in [0.25, 0.3) is 5.69 Å². The van der Waals surface area contributed by atoms with E-state index in [2.05, 4.69) is 15.5 Å². The molecule has 1 saturated heterocycles. The summed E-state index contributed by atoms with van der Waals surface area (Å²) >= 11 is 0. The quantitative estimate of drug-likeness (QED) is 0.660. The summed E-state index contributed by atoms with van der Waals surface area (Å²) in [5.74, 6) is 0.397. The molecule has 7 heteroatoms. The summed E-state index contributed by atoms with van der Waals surface area (Å²) in [6.07, 6.45) is 1.72. The lowest BCUT2D eigenvalue weighted by molar-refractivity contribution is -0.385. The van der Waals surface area contributed by atoms with Crippen molar-refractivity contribution in [3.05, 3.63) is 45.8 Å². The maximum absolute atomic E-state index is 10.9. The van der Waals surface area contributed by atoms with Crippen LogP contribution < -0.4 is 5.32 Å². The minimum Gasteiger partial charge on any atom is -0.315 e. The molecule has 0 radical (unpaired) electrons. The van der Waals surface area contributed by atoms with E-state index in [0.717, 1.165) is 18.8 Å². The number of nitrogens with zero attached hydrogens (tertiary/aromatic N) is 4. The average Bonchev–Trinajstić information content (AvgIpc) is 2.76. The first-order valence-corrected chi connectivity index (χ1v) is 6.03. The van der Waals surface area contributed by atoms with E-state index >= 15 is 0 Å². The molecule has 1 aromatic heterocycles. The Balaban J connectivity index is 1.95. The molecule has 7 nitrogen and oxygen atoms in total. The standard InChI is InChI=1S/C12H13N5O2/c1-8-2-3-10(4-12(8)17(18)19)16-14-7-11(15-16)9-5-13-6-9/h2-4,7,9,13H,5-6H2,1H3. The smallest absolute Gasteiger partial charge is 0.274 e. The fourth-order valence-electron chi connectivity index (χ4n) is 2.00. The zero-order valence-electron chi connectivity index (χ0n) is 10.4. The Morgan fingerprint density at radius 2 is 2.26 bits per heavy atom. The number of nitrogens with one attached hydrogen (secondary N) is 1. The third kappa shape index (κ3) is 2.08. The number of aryl methyl sites for hydroxylation is 1. The van der Waals surface area contributed by atoms with Crippen LogP contribution in [0.5, 0.6) is 0 Å². The van der Waals surface area contributed by atoms with Gasteiger partial charge in [-0.2, -0.15) is 15.0 Å². The van der Waals surface area contributed by atoms with Crippen LogP contribution in [-0.4, -0.2) is 33.0 Å². The lowest BCUT2D eigenvalue weighted by Gasteiger charge is -2.24. The first-order chi connectivity index (χ1) is 9.15. The van der Waals surface area contributed by atoms with Crippen molar-refractivity contribution >= 4 is 5.69 Å². The third-order valence-corrected chi connectivity index (χ3v) is 3.33. The predicted molar refractivity (Wildman–Crippen MR) is 68.4 cm³/mol. The molecule has 1 aliphatic rings. The van der Waals surface area contributed by atoms with Crippen LogP contribution in [0.1, 0.15) is 17.2 Å². The Labute approximate surface area is 109 Å². The minimum absolute atomic E-state index is 0.0849. The van der Waals surface area contributed by atoms with Crippen LogP contribution >= 0.6 is 0 Å². The number of hydrogen-bond acceptors (Lipinski definition) is 5. The minimum atomic E-state index is -0.390. The van der Waals surface area contributed by atoms with Crippen molar-refractivity contribution < 1.29 is 4.92 Å². The van der Waals surface area contributed by atoms with Gasteiger partial charge in [-0.05, 0) is 13.0 Å². The van der Waals surface area contributed by atoms with E-state index < -0.39 is 0 Å². The highest BCUT2D eigenvalue weighted by Crippen LogP contribution is 2.22. The van der Waals surface area contributed by atoms with Gasteiger partial charge < -0.3 is 5.32 Å². The summed E-state index contributed by atoms with van der Waals surface area (Å²) < 4.78 is 0. The summed E-state index contributed by atoms with van der Waals surface area (Å²) in [7, 11) is 0. The van der Waals surface area contributed by atoms with Crippen molar-refractivity contribution in [3.8, 4) is 5.69 Å². The van der Waals surface area contributed by atoms with Gasteiger partial charge in [-0.25, -0.2) is 0 Å². The summed E-state index contributed by atoms with van der Waals surface area (Å²) in [4.78, 5) is 12.0. The SMILES string of the molecule is Cc1ccc(-n2ncc(C3CNC3)n2)cc1[N+](=O)[O-]. The topological polar surface area (TPSA) is 85.9 Å². The Morgan fingerprint density at radius 1 is 1.47 bits per heavy atom. The van der Waals surface area contributed by atoms with Crippen LogP contribution in [0.3, 0.4) is 0 Å². The monoisotopic (exact) mass is 259 g/mol. The summed E-state index contributed by atoms with van der Waals surface area (Å²) in [5.41, 5.74) is 2.24. The lowest BCUT2D eigenvalue weighted by Crippen LogP contribution is -2.40. The molecule has 0 saturated carbocycles. The van der Waals surface area contributed by atoms with E-state index in [1.54, 1.807) is 25.3 Å². The number of nitro benzene ring substituents is 1. The molecule has 1 aromatic carbocycles. The van der Waals surface area contributed by atoms with E-state index in [1.165, 1.54) is 10.9 Å². The largest absolute Gasteiger partial charge is 0.315 e. The second-order valence-corrected chi connectivity index (χ2v) is 4.64. The van der Waals surface area contributed by atoms with Crippen molar-refractivity contribution in [1.29, 1.82) is 0 Å². The first-order valence-electron chi connectivity index (χ1n) is 6.03. The van der Waals surface area contributed by atoms with Gasteiger partial charge >= 0.3 is 0 Å². The summed E-state index contributed by atoms with van der Waals surface area (Å²) in [5, 5.41) is 22.6. The van der Waals surface area contributed by atoms with E-state index in [4.69, 9.17) is 0 Å². The van der Waals surface area contributed by atoms with Gasteiger partial charge in [0.2, 0.25) is 0 Å². The average molecular weight is 259 g/mol. The van der Waals surface area contributed by atoms with Crippen LogP contribution in [0.2, 0.25) is 0 Å². The first kappa shape index (κ1) is 11.8. The normalized spacial score (nSPS) is 15.2. The number of aromatic nitrogens is 3. The van der Waals surface area contributed by atoms with Crippen molar-refractivity contribution in [2.75, 3.05) is 13.1 Å². The molecule has 19 heavy (non-hydrogen) atoms. The predicted octanol–water partition coefficient (Wildman–Crippen LogP) is 1.17. The molecule has 0 atom stereocenters. The van der Waals surface area contributed by atoms with Gasteiger partial charge in [0, 0.05) is 30.6 Å². The highest BCUT2D eigenvalue weighted by atomic mass is 16.6. The molecule has 2 heterocycles. The molecule has 3 rings (SSSR count). The molecule has 1 fully saturated rings. The van der Waals surface area contributed by atoms with Crippen LogP contribution in [0.4, 0.5) is 5.69 Å². The summed E-state index contributed by atoms with van der Waals surface area (Å²) in [6.45, 7) is 3.53. The van der Waals surface area contributed by atoms with Gasteiger partial charge in [0.1, 0.15) is 0 Å². The number of benzene rings is 1. The molecule has 1 aliphatic heterocycles. The molecular formula is C12H13N5O2. The molecule has 2 aromatic rings. The highest BCUT2D eigenvalue weighted by molar-refractivity contribution is 5.47. The summed E-state index contributed by atoms with van der Waals surface area (Å²) in [6, 6.07) is 4.99. The van der Waals surface area contributed by atoms with E-state index in [9.17, 15) is 10.1 Å². The number of rotatable bonds is 3. The molecule has 0 aliphatic carbocycles. The zero-order chi connectivity index (χ0) is 13.4. The van der Waals surface area contributed by atoms with Gasteiger partial charge in [-0.1, -0.05) is 6.07 Å². The number of hydrogen-bond donors (Lipinski definition) is 1. The Bertz CT molecular complexity index is 633. The Kier molecular flexibility index (Phi) is 2.75. The third-order valence-electron chi connectivity index (χ3n) is 3.33. The molecule has 1 N–H and O–H groups in total. The Hall–Kier alpha value is -2.28. The molecule has 0 amide bonds.